The zero-order valence-electron chi connectivity index (χ0n) is 12.5. The van der Waals surface area contributed by atoms with Gasteiger partial charge in [0.05, 0.1) is 6.04 Å². The summed E-state index contributed by atoms with van der Waals surface area (Å²) in [7, 11) is 3.62. The Morgan fingerprint density at radius 2 is 2.19 bits per heavy atom. The van der Waals surface area contributed by atoms with Crippen LogP contribution in [0.1, 0.15) is 22.7 Å². The summed E-state index contributed by atoms with van der Waals surface area (Å²) in [6, 6.07) is 1.81. The molecule has 0 radical (unpaired) electrons. The molecule has 2 saturated heterocycles. The minimum absolute atomic E-state index is 0.0527. The summed E-state index contributed by atoms with van der Waals surface area (Å²) < 4.78 is 4.96. The Kier molecular flexibility index (Phi) is 3.44. The molecule has 2 aliphatic heterocycles. The summed E-state index contributed by atoms with van der Waals surface area (Å²) in [5, 5.41) is 6.49. The highest BCUT2D eigenvalue weighted by atomic mass is 16.5. The Morgan fingerprint density at radius 1 is 1.43 bits per heavy atom. The van der Waals surface area contributed by atoms with Gasteiger partial charge in [-0.05, 0) is 26.3 Å². The van der Waals surface area contributed by atoms with Crippen molar-refractivity contribution in [1.82, 2.24) is 20.3 Å². The number of likely N-dealkylation sites (N-methyl/N-ethyl adjacent to an activating group) is 2. The van der Waals surface area contributed by atoms with Crippen LogP contribution in [0.15, 0.2) is 10.6 Å². The predicted molar refractivity (Wildman–Crippen MR) is 74.7 cm³/mol. The van der Waals surface area contributed by atoms with Crippen LogP contribution in [0.5, 0.6) is 0 Å². The Balaban J connectivity index is 1.68. The SMILES string of the molecule is CNC(=O)[C@@H]1C[C@H]2CN(C(=O)c3cc(C)on3)C[C@H]2N1C. The number of fused-ring (bicyclic) bond motifs is 1. The van der Waals surface area contributed by atoms with Crippen LogP contribution in [-0.2, 0) is 4.79 Å². The van der Waals surface area contributed by atoms with Crippen molar-refractivity contribution in [3.05, 3.63) is 17.5 Å². The zero-order chi connectivity index (χ0) is 15.1. The highest BCUT2D eigenvalue weighted by molar-refractivity contribution is 5.92. The van der Waals surface area contributed by atoms with Gasteiger partial charge in [0.25, 0.3) is 5.91 Å². The lowest BCUT2D eigenvalue weighted by Crippen LogP contribution is -2.45. The van der Waals surface area contributed by atoms with E-state index in [0.29, 0.717) is 30.5 Å². The van der Waals surface area contributed by atoms with Gasteiger partial charge in [0, 0.05) is 32.2 Å². The first-order chi connectivity index (χ1) is 10.0. The van der Waals surface area contributed by atoms with Gasteiger partial charge < -0.3 is 14.7 Å². The second-order valence-corrected chi connectivity index (χ2v) is 5.89. The van der Waals surface area contributed by atoms with E-state index in [1.165, 1.54) is 0 Å². The maximum absolute atomic E-state index is 12.4. The average Bonchev–Trinajstić information content (AvgIpc) is 3.14. The second-order valence-electron chi connectivity index (χ2n) is 5.89. The number of hydrogen-bond acceptors (Lipinski definition) is 5. The molecule has 2 amide bonds. The smallest absolute Gasteiger partial charge is 0.276 e. The first-order valence-electron chi connectivity index (χ1n) is 7.17. The standard InChI is InChI=1S/C14H20N4O3/c1-8-4-10(16-21-8)14(20)18-6-9-5-11(13(19)15-2)17(3)12(9)7-18/h4,9,11-12H,5-7H2,1-3H3,(H,15,19)/t9-,11-,12+/m0/s1. The monoisotopic (exact) mass is 292 g/mol. The molecule has 7 heteroatoms. The van der Waals surface area contributed by atoms with Gasteiger partial charge in [-0.1, -0.05) is 5.16 Å². The molecule has 1 aromatic rings. The fourth-order valence-corrected chi connectivity index (χ4v) is 3.48. The Hall–Kier alpha value is -1.89. The number of carbonyl (C=O) groups excluding carboxylic acids is 2. The maximum Gasteiger partial charge on any atom is 0.276 e. The molecule has 3 rings (SSSR count). The van der Waals surface area contributed by atoms with Crippen LogP contribution in [0.2, 0.25) is 0 Å². The molecule has 114 valence electrons. The summed E-state index contributed by atoms with van der Waals surface area (Å²) in [5.41, 5.74) is 0.359. The molecule has 1 aromatic heterocycles. The maximum atomic E-state index is 12.4. The van der Waals surface area contributed by atoms with Gasteiger partial charge in [-0.15, -0.1) is 0 Å². The highest BCUT2D eigenvalue weighted by Gasteiger charge is 2.48. The molecule has 7 nitrogen and oxygen atoms in total. The summed E-state index contributed by atoms with van der Waals surface area (Å²) in [4.78, 5) is 28.1. The van der Waals surface area contributed by atoms with Crippen molar-refractivity contribution in [2.75, 3.05) is 27.2 Å². The summed E-state index contributed by atoms with van der Waals surface area (Å²) >= 11 is 0. The number of nitrogens with zero attached hydrogens (tertiary/aromatic N) is 3. The van der Waals surface area contributed by atoms with E-state index in [-0.39, 0.29) is 23.9 Å². The summed E-state index contributed by atoms with van der Waals surface area (Å²) in [6.07, 6.45) is 0.794. The predicted octanol–water partition coefficient (Wildman–Crippen LogP) is -0.126. The fraction of sp³-hybridized carbons (Fsp3) is 0.643. The molecule has 2 aliphatic rings. The van der Waals surface area contributed by atoms with Crippen molar-refractivity contribution >= 4 is 11.8 Å². The van der Waals surface area contributed by atoms with Crippen LogP contribution in [0.25, 0.3) is 0 Å². The van der Waals surface area contributed by atoms with E-state index in [1.54, 1.807) is 20.0 Å². The largest absolute Gasteiger partial charge is 0.361 e. The lowest BCUT2D eigenvalue weighted by Gasteiger charge is -2.25. The third kappa shape index (κ3) is 2.31. The summed E-state index contributed by atoms with van der Waals surface area (Å²) in [5.74, 6) is 0.937. The van der Waals surface area contributed by atoms with Crippen LogP contribution in [0, 0.1) is 12.8 Å². The van der Waals surface area contributed by atoms with Gasteiger partial charge in [-0.2, -0.15) is 0 Å². The minimum Gasteiger partial charge on any atom is -0.361 e. The number of nitrogens with one attached hydrogen (secondary N) is 1. The molecular formula is C14H20N4O3. The molecule has 0 aliphatic carbocycles. The first kappa shape index (κ1) is 14.1. The highest BCUT2D eigenvalue weighted by Crippen LogP contribution is 2.35. The molecule has 2 fully saturated rings. The quantitative estimate of drug-likeness (QED) is 0.822. The molecule has 0 aromatic carbocycles. The number of aryl methyl sites for hydroxylation is 1. The number of carbonyl (C=O) groups is 2. The van der Waals surface area contributed by atoms with Crippen molar-refractivity contribution in [2.45, 2.75) is 25.4 Å². The van der Waals surface area contributed by atoms with E-state index in [9.17, 15) is 9.59 Å². The number of likely N-dealkylation sites (tertiary alicyclic amines) is 2. The van der Waals surface area contributed by atoms with Crippen LogP contribution >= 0.6 is 0 Å². The molecule has 0 bridgehead atoms. The lowest BCUT2D eigenvalue weighted by molar-refractivity contribution is -0.125. The molecule has 0 spiro atoms. The van der Waals surface area contributed by atoms with Gasteiger partial charge >= 0.3 is 0 Å². The molecule has 3 atom stereocenters. The lowest BCUT2D eigenvalue weighted by atomic mass is 10.0. The number of aromatic nitrogens is 1. The van der Waals surface area contributed by atoms with Crippen molar-refractivity contribution in [3.8, 4) is 0 Å². The van der Waals surface area contributed by atoms with E-state index < -0.39 is 0 Å². The molecule has 0 saturated carbocycles. The van der Waals surface area contributed by atoms with Crippen molar-refractivity contribution in [3.63, 3.8) is 0 Å². The number of rotatable bonds is 2. The number of amides is 2. The van der Waals surface area contributed by atoms with Gasteiger partial charge in [-0.3, -0.25) is 14.5 Å². The van der Waals surface area contributed by atoms with Gasteiger partial charge in [0.1, 0.15) is 5.76 Å². The molecule has 1 N–H and O–H groups in total. The van der Waals surface area contributed by atoms with Crippen molar-refractivity contribution in [2.24, 2.45) is 5.92 Å². The van der Waals surface area contributed by atoms with Crippen LogP contribution in [0.4, 0.5) is 0 Å². The second kappa shape index (κ2) is 5.14. The van der Waals surface area contributed by atoms with E-state index in [4.69, 9.17) is 4.52 Å². The van der Waals surface area contributed by atoms with Crippen LogP contribution in [-0.4, -0.2) is 66.0 Å². The third-order valence-corrected chi connectivity index (χ3v) is 4.63. The molecule has 0 unspecified atom stereocenters. The molecular weight excluding hydrogens is 272 g/mol. The summed E-state index contributed by atoms with van der Waals surface area (Å²) in [6.45, 7) is 3.08. The van der Waals surface area contributed by atoms with Crippen molar-refractivity contribution in [1.29, 1.82) is 0 Å². The normalized spacial score (nSPS) is 28.7. The minimum atomic E-state index is -0.0915. The fourth-order valence-electron chi connectivity index (χ4n) is 3.48. The van der Waals surface area contributed by atoms with Crippen molar-refractivity contribution < 1.29 is 14.1 Å². The first-order valence-corrected chi connectivity index (χ1v) is 7.17. The third-order valence-electron chi connectivity index (χ3n) is 4.63. The molecule has 21 heavy (non-hydrogen) atoms. The van der Waals surface area contributed by atoms with E-state index in [2.05, 4.69) is 15.4 Å². The van der Waals surface area contributed by atoms with Crippen LogP contribution < -0.4 is 5.32 Å². The zero-order valence-corrected chi connectivity index (χ0v) is 12.5. The number of hydrogen-bond donors (Lipinski definition) is 1. The Morgan fingerprint density at radius 3 is 2.76 bits per heavy atom. The van der Waals surface area contributed by atoms with E-state index >= 15 is 0 Å². The topological polar surface area (TPSA) is 78.7 Å². The van der Waals surface area contributed by atoms with Crippen LogP contribution in [0.3, 0.4) is 0 Å². The average molecular weight is 292 g/mol. The van der Waals surface area contributed by atoms with Gasteiger partial charge in [-0.25, -0.2) is 0 Å². The molecule has 3 heterocycles. The van der Waals surface area contributed by atoms with E-state index in [1.807, 2.05) is 11.9 Å². The Bertz CT molecular complexity index is 570. The van der Waals surface area contributed by atoms with Gasteiger partial charge in [0.2, 0.25) is 5.91 Å². The Labute approximate surface area is 123 Å². The van der Waals surface area contributed by atoms with E-state index in [0.717, 1.165) is 6.42 Å². The van der Waals surface area contributed by atoms with Gasteiger partial charge in [0.15, 0.2) is 5.69 Å².